The lowest BCUT2D eigenvalue weighted by atomic mass is 9.73. The molecular weight excluding hydrogens is 594 g/mol. The first kappa shape index (κ1) is 33.6. The summed E-state index contributed by atoms with van der Waals surface area (Å²) in [5.41, 5.74) is 9.31. The van der Waals surface area contributed by atoms with Crippen LogP contribution in [0.2, 0.25) is 0 Å². The minimum absolute atomic E-state index is 0.0443. The number of nitrogens with zero attached hydrogens (tertiary/aromatic N) is 4. The predicted octanol–water partition coefficient (Wildman–Crippen LogP) is 6.47. The molecule has 246 valence electrons. The number of carboxylic acids is 2. The van der Waals surface area contributed by atoms with Crippen molar-refractivity contribution in [1.82, 2.24) is 5.32 Å². The second-order valence-electron chi connectivity index (χ2n) is 13.5. The zero-order valence-corrected chi connectivity index (χ0v) is 28.1. The van der Waals surface area contributed by atoms with Crippen LogP contribution in [0.15, 0.2) is 102 Å². The zero-order chi connectivity index (χ0) is 34.2. The van der Waals surface area contributed by atoms with Crippen molar-refractivity contribution in [2.75, 3.05) is 0 Å². The Morgan fingerprint density at radius 3 is 2.06 bits per heavy atom. The van der Waals surface area contributed by atoms with Gasteiger partial charge in [0.15, 0.2) is 0 Å². The Hall–Kier alpha value is -4.73. The number of hydrogen-bond acceptors (Lipinski definition) is 7. The Balaban J connectivity index is 1.59. The van der Waals surface area contributed by atoms with Gasteiger partial charge >= 0.3 is 11.9 Å². The number of hydrogen-bond donors (Lipinski definition) is 3. The molecule has 3 N–H and O–H groups in total. The first-order valence-corrected chi connectivity index (χ1v) is 16.2. The standard InChI is InChI=1S/C37H43N5O5/c1-8-19(2)35(36(46)47)42-33(43)11-10-26-31-17-30-25(9-12-34(44)45)22(5)29(40-30)16-24-13-20(3)27(38-24)15-23-14-21(4)28(39-23)18-32(41-31)37(26,6)7/h13-19,26,35H,8-12H2,1-7H3,(H,42,43)(H,44,45)(H,46,47)/t19-,26-,35-/m0/s1. The SMILES string of the molecule is CC[C@H](C)[C@H](NC(=O)CC[C@H]1C2=NC(=CC3=NC(=CC4=NC(=CC5=NC(=C2)C(CCC(=O)O)=C5C)C=C4C)C=C3C)C1(C)C)C(=O)O. The van der Waals surface area contributed by atoms with Crippen molar-refractivity contribution in [3.63, 3.8) is 0 Å². The fourth-order valence-electron chi connectivity index (χ4n) is 6.51. The van der Waals surface area contributed by atoms with E-state index < -0.39 is 23.4 Å². The molecule has 0 saturated carbocycles. The lowest BCUT2D eigenvalue weighted by molar-refractivity contribution is -0.143. The summed E-state index contributed by atoms with van der Waals surface area (Å²) in [6.07, 6.45) is 13.3. The third-order valence-corrected chi connectivity index (χ3v) is 9.73. The largest absolute Gasteiger partial charge is 0.481 e. The van der Waals surface area contributed by atoms with Crippen LogP contribution in [0.25, 0.3) is 0 Å². The van der Waals surface area contributed by atoms with E-state index in [4.69, 9.17) is 20.0 Å². The Kier molecular flexibility index (Phi) is 9.43. The first-order valence-electron chi connectivity index (χ1n) is 16.2. The molecule has 0 spiro atoms. The smallest absolute Gasteiger partial charge is 0.326 e. The van der Waals surface area contributed by atoms with Crippen LogP contribution in [0.4, 0.5) is 0 Å². The van der Waals surface area contributed by atoms with E-state index in [0.717, 1.165) is 56.5 Å². The number of carboxylic acid groups (broad SMARTS) is 2. The quantitative estimate of drug-likeness (QED) is 0.251. The highest BCUT2D eigenvalue weighted by molar-refractivity contribution is 6.17. The molecule has 0 aromatic heterocycles. The number of carbonyl (C=O) groups is 3. The minimum Gasteiger partial charge on any atom is -0.481 e. The summed E-state index contributed by atoms with van der Waals surface area (Å²) in [6.45, 7) is 13.9. The van der Waals surface area contributed by atoms with Gasteiger partial charge in [-0.05, 0) is 98.3 Å². The number of amides is 1. The van der Waals surface area contributed by atoms with Crippen LogP contribution < -0.4 is 5.32 Å². The Labute approximate surface area is 275 Å². The van der Waals surface area contributed by atoms with Gasteiger partial charge in [-0.1, -0.05) is 34.1 Å². The summed E-state index contributed by atoms with van der Waals surface area (Å²) in [7, 11) is 0. The number of nitrogens with one attached hydrogen (secondary N) is 1. The maximum absolute atomic E-state index is 13.1. The number of allylic oxidation sites excluding steroid dienone is 11. The first-order chi connectivity index (χ1) is 22.2. The third kappa shape index (κ3) is 7.01. The molecule has 5 aliphatic rings. The van der Waals surface area contributed by atoms with Gasteiger partial charge in [0.1, 0.15) is 6.04 Å². The molecule has 0 unspecified atom stereocenters. The molecular formula is C37H43N5O5. The number of aliphatic carboxylic acids is 2. The van der Waals surface area contributed by atoms with Crippen LogP contribution in [0.3, 0.4) is 0 Å². The van der Waals surface area contributed by atoms with Gasteiger partial charge in [0, 0.05) is 35.6 Å². The van der Waals surface area contributed by atoms with Crippen molar-refractivity contribution >= 4 is 40.7 Å². The molecule has 10 heteroatoms. The number of aliphatic imine (C=N–C) groups is 4. The highest BCUT2D eigenvalue weighted by Gasteiger charge is 2.42. The normalized spacial score (nSPS) is 22.5. The molecule has 0 aromatic carbocycles. The van der Waals surface area contributed by atoms with Crippen LogP contribution >= 0.6 is 0 Å². The fraction of sp³-hybridized carbons (Fsp3) is 0.432. The van der Waals surface area contributed by atoms with Crippen molar-refractivity contribution in [2.45, 2.75) is 86.6 Å². The topological polar surface area (TPSA) is 153 Å². The van der Waals surface area contributed by atoms with Crippen molar-refractivity contribution in [2.24, 2.45) is 37.2 Å². The second kappa shape index (κ2) is 13.2. The van der Waals surface area contributed by atoms with Crippen molar-refractivity contribution in [3.05, 3.63) is 81.5 Å². The Morgan fingerprint density at radius 2 is 1.47 bits per heavy atom. The molecule has 0 aliphatic carbocycles. The van der Waals surface area contributed by atoms with Gasteiger partial charge < -0.3 is 15.5 Å². The van der Waals surface area contributed by atoms with E-state index >= 15 is 0 Å². The second-order valence-corrected chi connectivity index (χ2v) is 13.5. The lowest BCUT2D eigenvalue weighted by Crippen LogP contribution is -2.45. The zero-order valence-electron chi connectivity index (χ0n) is 28.1. The fourth-order valence-corrected chi connectivity index (χ4v) is 6.51. The summed E-state index contributed by atoms with van der Waals surface area (Å²) in [4.78, 5) is 56.5. The molecule has 8 bridgehead atoms. The van der Waals surface area contributed by atoms with E-state index in [0.29, 0.717) is 30.7 Å². The van der Waals surface area contributed by atoms with Crippen LogP contribution in [0, 0.1) is 17.3 Å². The van der Waals surface area contributed by atoms with Crippen LogP contribution in [0.1, 0.15) is 80.6 Å². The highest BCUT2D eigenvalue weighted by Crippen LogP contribution is 2.46. The number of fused-ring (bicyclic) bond motifs is 4. The van der Waals surface area contributed by atoms with E-state index in [1.807, 2.05) is 71.1 Å². The molecule has 0 fully saturated rings. The van der Waals surface area contributed by atoms with E-state index in [2.05, 4.69) is 19.2 Å². The van der Waals surface area contributed by atoms with Crippen LogP contribution in [-0.4, -0.2) is 56.9 Å². The van der Waals surface area contributed by atoms with Gasteiger partial charge in [-0.25, -0.2) is 19.8 Å². The molecule has 0 saturated heterocycles. The van der Waals surface area contributed by atoms with E-state index in [9.17, 15) is 24.6 Å². The molecule has 1 amide bonds. The maximum atomic E-state index is 13.1. The van der Waals surface area contributed by atoms with E-state index in [1.54, 1.807) is 0 Å². The summed E-state index contributed by atoms with van der Waals surface area (Å²) in [6, 6.07) is -0.959. The highest BCUT2D eigenvalue weighted by atomic mass is 16.4. The summed E-state index contributed by atoms with van der Waals surface area (Å²) >= 11 is 0. The van der Waals surface area contributed by atoms with Crippen LogP contribution in [0.5, 0.6) is 0 Å². The van der Waals surface area contributed by atoms with Gasteiger partial charge in [-0.2, -0.15) is 0 Å². The molecule has 10 nitrogen and oxygen atoms in total. The predicted molar refractivity (Wildman–Crippen MR) is 185 cm³/mol. The average Bonchev–Trinajstić information content (AvgIpc) is 3.67. The van der Waals surface area contributed by atoms with E-state index in [-0.39, 0.29) is 30.6 Å². The van der Waals surface area contributed by atoms with Gasteiger partial charge in [0.2, 0.25) is 5.91 Å². The summed E-state index contributed by atoms with van der Waals surface area (Å²) in [5.74, 6) is -2.68. The molecule has 47 heavy (non-hydrogen) atoms. The molecule has 5 rings (SSSR count). The summed E-state index contributed by atoms with van der Waals surface area (Å²) < 4.78 is 0. The van der Waals surface area contributed by atoms with Crippen LogP contribution in [-0.2, 0) is 14.4 Å². The van der Waals surface area contributed by atoms with Gasteiger partial charge in [0.05, 0.1) is 34.2 Å². The lowest BCUT2D eigenvalue weighted by Gasteiger charge is -2.29. The van der Waals surface area contributed by atoms with Crippen molar-refractivity contribution < 1.29 is 24.6 Å². The number of rotatable bonds is 10. The number of carbonyl (C=O) groups excluding carboxylic acids is 1. The Bertz CT molecular complexity index is 1790. The monoisotopic (exact) mass is 637 g/mol. The minimum atomic E-state index is -1.05. The van der Waals surface area contributed by atoms with Crippen molar-refractivity contribution in [3.8, 4) is 0 Å². The Morgan fingerprint density at radius 1 is 0.851 bits per heavy atom. The van der Waals surface area contributed by atoms with Gasteiger partial charge in [-0.15, -0.1) is 0 Å². The molecule has 3 atom stereocenters. The average molecular weight is 638 g/mol. The van der Waals surface area contributed by atoms with Gasteiger partial charge in [0.25, 0.3) is 0 Å². The molecule has 5 aliphatic heterocycles. The molecule has 0 radical (unpaired) electrons. The summed E-state index contributed by atoms with van der Waals surface area (Å²) in [5, 5.41) is 22.0. The molecule has 5 heterocycles. The maximum Gasteiger partial charge on any atom is 0.326 e. The molecule has 0 aromatic rings. The van der Waals surface area contributed by atoms with Crippen molar-refractivity contribution in [1.29, 1.82) is 0 Å². The van der Waals surface area contributed by atoms with E-state index in [1.165, 1.54) is 0 Å². The van der Waals surface area contributed by atoms with Gasteiger partial charge in [-0.3, -0.25) is 14.6 Å². The third-order valence-electron chi connectivity index (χ3n) is 9.73.